The van der Waals surface area contributed by atoms with Gasteiger partial charge in [-0.1, -0.05) is 12.8 Å². The molecule has 3 N–H and O–H groups in total. The molecule has 5 unspecified atom stereocenters. The number of guanidine groups is 1. The van der Waals surface area contributed by atoms with Gasteiger partial charge in [0.2, 0.25) is 5.91 Å². The van der Waals surface area contributed by atoms with Gasteiger partial charge in [-0.2, -0.15) is 0 Å². The Kier molecular flexibility index (Phi) is 5.02. The molecule has 0 aromatic carbocycles. The Balaban J connectivity index is 1.20. The number of nitrogens with one attached hydrogen (secondary N) is 3. The van der Waals surface area contributed by atoms with E-state index < -0.39 is 0 Å². The summed E-state index contributed by atoms with van der Waals surface area (Å²) < 4.78 is 6.06. The molecule has 5 atom stereocenters. The molecule has 0 aromatic heterocycles. The lowest BCUT2D eigenvalue weighted by Gasteiger charge is -2.63. The van der Waals surface area contributed by atoms with Crippen LogP contribution in [-0.2, 0) is 9.53 Å². The first kappa shape index (κ1) is 18.7. The van der Waals surface area contributed by atoms with Crippen LogP contribution in [0, 0.1) is 17.3 Å². The van der Waals surface area contributed by atoms with Gasteiger partial charge in [-0.25, -0.2) is 0 Å². The van der Waals surface area contributed by atoms with Crippen LogP contribution in [-0.4, -0.2) is 49.2 Å². The van der Waals surface area contributed by atoms with E-state index in [0.717, 1.165) is 57.6 Å². The summed E-state index contributed by atoms with van der Waals surface area (Å²) in [4.78, 5) is 17.3. The number of rotatable bonds is 5. The number of carbonyl (C=O) groups is 1. The Hall–Kier alpha value is -1.30. The van der Waals surface area contributed by atoms with Crippen molar-refractivity contribution >= 4 is 11.9 Å². The molecule has 4 aliphatic carbocycles. The number of carbonyl (C=O) groups excluding carboxylic acids is 1. The Morgan fingerprint density at radius 2 is 1.89 bits per heavy atom. The predicted octanol–water partition coefficient (Wildman–Crippen LogP) is 2.34. The van der Waals surface area contributed by atoms with Crippen LogP contribution in [0.5, 0.6) is 0 Å². The lowest BCUT2D eigenvalue weighted by atomic mass is 9.46. The molecular formula is C22H36N4O2. The van der Waals surface area contributed by atoms with Gasteiger partial charge in [0, 0.05) is 48.5 Å². The lowest BCUT2D eigenvalue weighted by Crippen LogP contribution is -2.72. The predicted molar refractivity (Wildman–Crippen MR) is 109 cm³/mol. The summed E-state index contributed by atoms with van der Waals surface area (Å²) in [5.74, 6) is 2.03. The maximum Gasteiger partial charge on any atom is 0.223 e. The van der Waals surface area contributed by atoms with Crippen molar-refractivity contribution in [3.8, 4) is 0 Å². The number of hydrogen-bond donors (Lipinski definition) is 3. The largest absolute Gasteiger partial charge is 0.377 e. The van der Waals surface area contributed by atoms with E-state index in [1.807, 2.05) is 0 Å². The first-order valence-corrected chi connectivity index (χ1v) is 11.7. The van der Waals surface area contributed by atoms with Crippen LogP contribution >= 0.6 is 0 Å². The fourth-order valence-electron chi connectivity index (χ4n) is 6.19. The third-order valence-electron chi connectivity index (χ3n) is 7.95. The fraction of sp³-hybridized carbons (Fsp3) is 0.909. The molecule has 0 radical (unpaired) electrons. The van der Waals surface area contributed by atoms with Gasteiger partial charge < -0.3 is 20.7 Å². The average molecular weight is 389 g/mol. The van der Waals surface area contributed by atoms with Gasteiger partial charge in [0.25, 0.3) is 0 Å². The van der Waals surface area contributed by atoms with E-state index >= 15 is 0 Å². The molecule has 4 saturated carbocycles. The molecule has 5 fully saturated rings. The molecule has 6 heteroatoms. The van der Waals surface area contributed by atoms with Gasteiger partial charge in [0.05, 0.1) is 6.10 Å². The summed E-state index contributed by atoms with van der Waals surface area (Å²) in [7, 11) is 0. The Labute approximate surface area is 168 Å². The second-order valence-electron chi connectivity index (χ2n) is 9.76. The van der Waals surface area contributed by atoms with E-state index in [4.69, 9.17) is 9.73 Å². The van der Waals surface area contributed by atoms with E-state index in [0.29, 0.717) is 35.6 Å². The average Bonchev–Trinajstić information content (AvgIpc) is 3.36. The number of hydrogen-bond acceptors (Lipinski definition) is 3. The van der Waals surface area contributed by atoms with Crippen LogP contribution in [0.25, 0.3) is 0 Å². The number of amides is 1. The highest BCUT2D eigenvalue weighted by molar-refractivity contribution is 5.82. The topological polar surface area (TPSA) is 74.8 Å². The number of ether oxygens (including phenoxy) is 1. The molecular weight excluding hydrogens is 352 g/mol. The van der Waals surface area contributed by atoms with Gasteiger partial charge in [-0.15, -0.1) is 0 Å². The van der Waals surface area contributed by atoms with Gasteiger partial charge in [0.1, 0.15) is 0 Å². The summed E-state index contributed by atoms with van der Waals surface area (Å²) in [5, 5.41) is 10.7. The van der Waals surface area contributed by atoms with Crippen molar-refractivity contribution in [2.45, 2.75) is 95.4 Å². The summed E-state index contributed by atoms with van der Waals surface area (Å²) >= 11 is 0. The first-order valence-electron chi connectivity index (χ1n) is 11.7. The third-order valence-corrected chi connectivity index (χ3v) is 7.95. The summed E-state index contributed by atoms with van der Waals surface area (Å²) in [5.41, 5.74) is 0.358. The minimum absolute atomic E-state index is 0.156. The molecule has 6 nitrogen and oxygen atoms in total. The quantitative estimate of drug-likeness (QED) is 0.499. The van der Waals surface area contributed by atoms with E-state index in [-0.39, 0.29) is 11.8 Å². The number of aliphatic imine (C=N–C) groups is 1. The summed E-state index contributed by atoms with van der Waals surface area (Å²) in [6.07, 6.45) is 12.1. The molecule has 0 aromatic rings. The first-order chi connectivity index (χ1) is 13.7. The van der Waals surface area contributed by atoms with Crippen molar-refractivity contribution in [1.29, 1.82) is 0 Å². The molecule has 1 saturated heterocycles. The number of fused-ring (bicyclic) bond motifs is 2. The summed E-state index contributed by atoms with van der Waals surface area (Å²) in [6.45, 7) is 3.79. The van der Waals surface area contributed by atoms with E-state index in [1.54, 1.807) is 0 Å². The zero-order chi connectivity index (χ0) is 19.1. The van der Waals surface area contributed by atoms with Crippen LogP contribution in [0.1, 0.15) is 71.1 Å². The molecule has 5 rings (SSSR count). The molecule has 1 heterocycles. The maximum absolute atomic E-state index is 12.5. The Bertz CT molecular complexity index is 628. The molecule has 1 aliphatic heterocycles. The highest BCUT2D eigenvalue weighted by Gasteiger charge is 2.66. The molecule has 28 heavy (non-hydrogen) atoms. The smallest absolute Gasteiger partial charge is 0.223 e. The fourth-order valence-corrected chi connectivity index (χ4v) is 6.19. The summed E-state index contributed by atoms with van der Waals surface area (Å²) in [6, 6.07) is 1.30. The third kappa shape index (κ3) is 3.31. The molecule has 5 aliphatic rings. The maximum atomic E-state index is 12.5. The minimum Gasteiger partial charge on any atom is -0.377 e. The minimum atomic E-state index is 0.156. The van der Waals surface area contributed by atoms with Crippen LogP contribution in [0.3, 0.4) is 0 Å². The van der Waals surface area contributed by atoms with Crippen LogP contribution in [0.2, 0.25) is 0 Å². The Morgan fingerprint density at radius 3 is 2.61 bits per heavy atom. The van der Waals surface area contributed by atoms with Crippen LogP contribution in [0.15, 0.2) is 4.99 Å². The molecule has 1 spiro atoms. The van der Waals surface area contributed by atoms with E-state index in [9.17, 15) is 4.79 Å². The van der Waals surface area contributed by atoms with Gasteiger partial charge >= 0.3 is 0 Å². The molecule has 156 valence electrons. The second-order valence-corrected chi connectivity index (χ2v) is 9.76. The van der Waals surface area contributed by atoms with Gasteiger partial charge in [-0.3, -0.25) is 9.79 Å². The van der Waals surface area contributed by atoms with Gasteiger partial charge in [0.15, 0.2) is 5.96 Å². The van der Waals surface area contributed by atoms with Gasteiger partial charge in [-0.05, 0) is 58.3 Å². The van der Waals surface area contributed by atoms with E-state index in [2.05, 4.69) is 22.9 Å². The van der Waals surface area contributed by atoms with Crippen molar-refractivity contribution in [2.75, 3.05) is 13.2 Å². The highest BCUT2D eigenvalue weighted by atomic mass is 16.5. The van der Waals surface area contributed by atoms with Crippen LogP contribution in [0.4, 0.5) is 0 Å². The SMILES string of the molecule is CCN=C(NC1CCCC(C(=O)NC2CC2)C1)NC1C2CCOC2C12CCC2. The monoisotopic (exact) mass is 388 g/mol. The Morgan fingerprint density at radius 1 is 1.04 bits per heavy atom. The normalized spacial score (nSPS) is 38.9. The standard InChI is InChI=1S/C22H36N4O2/c1-2-23-21(26-18-17-9-12-28-19(17)22(18)10-4-11-22)25-16-6-3-5-14(13-16)20(27)24-15-7-8-15/h14-19H,2-13H2,1H3,(H,24,27)(H2,23,25,26). The zero-order valence-electron chi connectivity index (χ0n) is 17.2. The second kappa shape index (κ2) is 7.51. The van der Waals surface area contributed by atoms with Crippen LogP contribution < -0.4 is 16.0 Å². The van der Waals surface area contributed by atoms with Crippen molar-refractivity contribution < 1.29 is 9.53 Å². The number of nitrogens with zero attached hydrogens (tertiary/aromatic N) is 1. The van der Waals surface area contributed by atoms with Crippen molar-refractivity contribution in [3.05, 3.63) is 0 Å². The van der Waals surface area contributed by atoms with Crippen molar-refractivity contribution in [3.63, 3.8) is 0 Å². The van der Waals surface area contributed by atoms with Crippen molar-refractivity contribution in [2.24, 2.45) is 22.2 Å². The lowest BCUT2D eigenvalue weighted by molar-refractivity contribution is -0.171. The molecule has 0 bridgehead atoms. The van der Waals surface area contributed by atoms with Crippen molar-refractivity contribution in [1.82, 2.24) is 16.0 Å². The molecule has 1 amide bonds. The zero-order valence-corrected chi connectivity index (χ0v) is 17.2. The van der Waals surface area contributed by atoms with E-state index in [1.165, 1.54) is 25.7 Å². The highest BCUT2D eigenvalue weighted by Crippen LogP contribution is 2.62.